The first kappa shape index (κ1) is 15.0. The van der Waals surface area contributed by atoms with Crippen molar-refractivity contribution in [2.24, 2.45) is 0 Å². The number of nitrogens with zero attached hydrogens (tertiary/aromatic N) is 1. The highest BCUT2D eigenvalue weighted by atomic mass is 16.5. The van der Waals surface area contributed by atoms with Crippen molar-refractivity contribution in [3.8, 4) is 0 Å². The van der Waals surface area contributed by atoms with Gasteiger partial charge in [-0.05, 0) is 49.9 Å². The van der Waals surface area contributed by atoms with Crippen LogP contribution >= 0.6 is 0 Å². The highest BCUT2D eigenvalue weighted by Gasteiger charge is 2.35. The summed E-state index contributed by atoms with van der Waals surface area (Å²) in [6.45, 7) is 6.79. The molecule has 2 aromatic rings. The first-order chi connectivity index (χ1) is 10.7. The Labute approximate surface area is 132 Å². The van der Waals surface area contributed by atoms with Crippen molar-refractivity contribution >= 4 is 5.82 Å². The number of pyridine rings is 1. The molecule has 3 nitrogen and oxygen atoms in total. The van der Waals surface area contributed by atoms with Gasteiger partial charge < -0.3 is 10.1 Å². The molecule has 2 heterocycles. The maximum Gasteiger partial charge on any atom is 0.126 e. The SMILES string of the molecule is Cc1cccc(NCC2(c3ccccc3C)CCOCC2)n1. The third-order valence-electron chi connectivity index (χ3n) is 4.66. The van der Waals surface area contributed by atoms with Crippen LogP contribution in [0.15, 0.2) is 42.5 Å². The van der Waals surface area contributed by atoms with Crippen LogP contribution in [0.5, 0.6) is 0 Å². The lowest BCUT2D eigenvalue weighted by atomic mass is 9.72. The van der Waals surface area contributed by atoms with Gasteiger partial charge in [0.15, 0.2) is 0 Å². The summed E-state index contributed by atoms with van der Waals surface area (Å²) in [5.74, 6) is 0.958. The Bertz CT molecular complexity index is 633. The number of aromatic nitrogens is 1. The standard InChI is InChI=1S/C19H24N2O/c1-15-6-3-4-8-17(15)19(10-12-22-13-11-19)14-20-18-9-5-7-16(2)21-18/h3-9H,10-14H2,1-2H3,(H,20,21). The van der Waals surface area contributed by atoms with Gasteiger partial charge in [0, 0.05) is 30.9 Å². The number of aryl methyl sites for hydroxylation is 2. The number of rotatable bonds is 4. The molecule has 1 N–H and O–H groups in total. The number of ether oxygens (including phenoxy) is 1. The van der Waals surface area contributed by atoms with E-state index >= 15 is 0 Å². The van der Waals surface area contributed by atoms with Crippen LogP contribution in [0.4, 0.5) is 5.82 Å². The maximum atomic E-state index is 5.61. The van der Waals surface area contributed by atoms with E-state index < -0.39 is 0 Å². The van der Waals surface area contributed by atoms with Crippen molar-refractivity contribution in [3.05, 3.63) is 59.3 Å². The molecule has 22 heavy (non-hydrogen) atoms. The molecule has 3 heteroatoms. The topological polar surface area (TPSA) is 34.1 Å². The number of hydrogen-bond donors (Lipinski definition) is 1. The third-order valence-corrected chi connectivity index (χ3v) is 4.66. The lowest BCUT2D eigenvalue weighted by Crippen LogP contribution is -2.40. The zero-order chi connectivity index (χ0) is 15.4. The van der Waals surface area contributed by atoms with Crippen molar-refractivity contribution in [3.63, 3.8) is 0 Å². The fraction of sp³-hybridized carbons (Fsp3) is 0.421. The second-order valence-electron chi connectivity index (χ2n) is 6.23. The highest BCUT2D eigenvalue weighted by Crippen LogP contribution is 2.36. The van der Waals surface area contributed by atoms with Gasteiger partial charge in [-0.25, -0.2) is 4.98 Å². The van der Waals surface area contributed by atoms with Crippen LogP contribution in [0.25, 0.3) is 0 Å². The molecule has 116 valence electrons. The number of hydrogen-bond acceptors (Lipinski definition) is 3. The number of benzene rings is 1. The fourth-order valence-electron chi connectivity index (χ4n) is 3.37. The zero-order valence-corrected chi connectivity index (χ0v) is 13.4. The van der Waals surface area contributed by atoms with E-state index in [9.17, 15) is 0 Å². The van der Waals surface area contributed by atoms with E-state index in [1.165, 1.54) is 11.1 Å². The molecule has 0 radical (unpaired) electrons. The largest absolute Gasteiger partial charge is 0.381 e. The lowest BCUT2D eigenvalue weighted by molar-refractivity contribution is 0.0541. The lowest BCUT2D eigenvalue weighted by Gasteiger charge is -2.39. The molecule has 0 saturated carbocycles. The van der Waals surface area contributed by atoms with E-state index in [4.69, 9.17) is 4.74 Å². The molecule has 1 aromatic carbocycles. The van der Waals surface area contributed by atoms with Crippen LogP contribution in [0.3, 0.4) is 0 Å². The van der Waals surface area contributed by atoms with Gasteiger partial charge in [0.05, 0.1) is 0 Å². The van der Waals surface area contributed by atoms with Gasteiger partial charge in [0.1, 0.15) is 5.82 Å². The van der Waals surface area contributed by atoms with E-state index in [0.29, 0.717) is 0 Å². The Hall–Kier alpha value is -1.87. The van der Waals surface area contributed by atoms with Crippen molar-refractivity contribution in [1.29, 1.82) is 0 Å². The predicted molar refractivity (Wildman–Crippen MR) is 90.4 cm³/mol. The second kappa shape index (κ2) is 6.49. The average Bonchev–Trinajstić information content (AvgIpc) is 2.54. The van der Waals surface area contributed by atoms with Gasteiger partial charge in [-0.2, -0.15) is 0 Å². The summed E-state index contributed by atoms with van der Waals surface area (Å²) in [5, 5.41) is 3.56. The molecule has 1 aliphatic rings. The molecule has 1 aliphatic heterocycles. The molecule has 0 unspecified atom stereocenters. The van der Waals surface area contributed by atoms with Crippen molar-refractivity contribution in [2.45, 2.75) is 32.1 Å². The maximum absolute atomic E-state index is 5.61. The summed E-state index contributed by atoms with van der Waals surface area (Å²) < 4.78 is 5.61. The summed E-state index contributed by atoms with van der Waals surface area (Å²) in [6.07, 6.45) is 2.10. The Morgan fingerprint density at radius 2 is 1.82 bits per heavy atom. The molecule has 1 fully saturated rings. The highest BCUT2D eigenvalue weighted by molar-refractivity contribution is 5.40. The van der Waals surface area contributed by atoms with Crippen molar-refractivity contribution < 1.29 is 4.74 Å². The Kier molecular flexibility index (Phi) is 4.44. The molecule has 0 spiro atoms. The van der Waals surface area contributed by atoms with E-state index in [0.717, 1.165) is 44.1 Å². The molecule has 0 amide bonds. The summed E-state index contributed by atoms with van der Waals surface area (Å²) in [7, 11) is 0. The molecular weight excluding hydrogens is 272 g/mol. The van der Waals surface area contributed by atoms with E-state index in [1.54, 1.807) is 0 Å². The van der Waals surface area contributed by atoms with Crippen molar-refractivity contribution in [1.82, 2.24) is 4.98 Å². The Morgan fingerprint density at radius 1 is 1.05 bits per heavy atom. The molecule has 0 bridgehead atoms. The molecule has 0 atom stereocenters. The Balaban J connectivity index is 1.85. The third kappa shape index (κ3) is 3.14. The van der Waals surface area contributed by atoms with Crippen LogP contribution < -0.4 is 5.32 Å². The number of nitrogens with one attached hydrogen (secondary N) is 1. The van der Waals surface area contributed by atoms with E-state index in [2.05, 4.69) is 47.6 Å². The van der Waals surface area contributed by atoms with Crippen LogP contribution in [0, 0.1) is 13.8 Å². The first-order valence-electron chi connectivity index (χ1n) is 8.01. The predicted octanol–water partition coefficient (Wildman–Crippen LogP) is 3.86. The van der Waals surface area contributed by atoms with Gasteiger partial charge in [0.25, 0.3) is 0 Å². The summed E-state index contributed by atoms with van der Waals surface area (Å²) in [6, 6.07) is 14.8. The number of anilines is 1. The molecule has 0 aliphatic carbocycles. The van der Waals surface area contributed by atoms with Crippen LogP contribution in [-0.2, 0) is 10.2 Å². The van der Waals surface area contributed by atoms with Gasteiger partial charge in [0.2, 0.25) is 0 Å². The normalized spacial score (nSPS) is 17.2. The van der Waals surface area contributed by atoms with Crippen LogP contribution in [0.1, 0.15) is 29.7 Å². The van der Waals surface area contributed by atoms with Gasteiger partial charge in [-0.3, -0.25) is 0 Å². The first-order valence-corrected chi connectivity index (χ1v) is 8.01. The second-order valence-corrected chi connectivity index (χ2v) is 6.23. The average molecular weight is 296 g/mol. The minimum absolute atomic E-state index is 0.134. The van der Waals surface area contributed by atoms with Crippen molar-refractivity contribution in [2.75, 3.05) is 25.1 Å². The van der Waals surface area contributed by atoms with E-state index in [-0.39, 0.29) is 5.41 Å². The molecular formula is C19H24N2O. The fourth-order valence-corrected chi connectivity index (χ4v) is 3.37. The van der Waals surface area contributed by atoms with Gasteiger partial charge in [-0.15, -0.1) is 0 Å². The Morgan fingerprint density at radius 3 is 2.55 bits per heavy atom. The van der Waals surface area contributed by atoms with Gasteiger partial charge >= 0.3 is 0 Å². The monoisotopic (exact) mass is 296 g/mol. The molecule has 3 rings (SSSR count). The van der Waals surface area contributed by atoms with Gasteiger partial charge in [-0.1, -0.05) is 30.3 Å². The summed E-state index contributed by atoms with van der Waals surface area (Å²) in [4.78, 5) is 4.56. The summed E-state index contributed by atoms with van der Waals surface area (Å²) >= 11 is 0. The zero-order valence-electron chi connectivity index (χ0n) is 13.4. The van der Waals surface area contributed by atoms with E-state index in [1.807, 2.05) is 19.1 Å². The molecule has 1 saturated heterocycles. The minimum Gasteiger partial charge on any atom is -0.381 e. The smallest absolute Gasteiger partial charge is 0.126 e. The minimum atomic E-state index is 0.134. The van der Waals surface area contributed by atoms with Crippen LogP contribution in [0.2, 0.25) is 0 Å². The quantitative estimate of drug-likeness (QED) is 0.930. The van der Waals surface area contributed by atoms with Crippen LogP contribution in [-0.4, -0.2) is 24.7 Å². The molecule has 1 aromatic heterocycles. The summed E-state index contributed by atoms with van der Waals surface area (Å²) in [5.41, 5.74) is 3.98.